The molecule has 0 saturated heterocycles. The minimum absolute atomic E-state index is 0.211. The number of carbonyl (C=O) groups is 1. The summed E-state index contributed by atoms with van der Waals surface area (Å²) in [4.78, 5) is 14.1. The first-order valence-electron chi connectivity index (χ1n) is 3.92. The van der Waals surface area contributed by atoms with Gasteiger partial charge in [-0.3, -0.25) is 4.99 Å². The Kier molecular flexibility index (Phi) is 2.90. The topological polar surface area (TPSA) is 90.7 Å². The van der Waals surface area contributed by atoms with Crippen LogP contribution in [0.4, 0.5) is 4.79 Å². The van der Waals surface area contributed by atoms with Gasteiger partial charge < -0.3 is 16.2 Å². The van der Waals surface area contributed by atoms with E-state index < -0.39 is 6.09 Å². The molecule has 4 N–H and O–H groups in total. The third-order valence-corrected chi connectivity index (χ3v) is 1.63. The van der Waals surface area contributed by atoms with Gasteiger partial charge in [-0.2, -0.15) is 0 Å². The lowest BCUT2D eigenvalue weighted by Gasteiger charge is -1.98. The lowest BCUT2D eigenvalue weighted by Crippen LogP contribution is -2.18. The molecule has 1 fully saturated rings. The molecule has 0 aromatic carbocycles. The van der Waals surface area contributed by atoms with Gasteiger partial charge in [-0.15, -0.1) is 0 Å². The van der Waals surface area contributed by atoms with Crippen LogP contribution in [0, 0.1) is 5.92 Å². The Labute approximate surface area is 70.8 Å². The molecular weight excluding hydrogens is 158 g/mol. The standard InChI is InChI=1S/C7H13N3O2/c8-6(5-1-2-5)10-3-4-12-7(9)11/h5H,1-4H2,(H2,8,10)(H2,9,11). The highest BCUT2D eigenvalue weighted by atomic mass is 16.5. The Bertz CT molecular complexity index is 199. The van der Waals surface area contributed by atoms with Crippen molar-refractivity contribution in [3.05, 3.63) is 0 Å². The van der Waals surface area contributed by atoms with Crippen LogP contribution in [0.3, 0.4) is 0 Å². The van der Waals surface area contributed by atoms with Crippen molar-refractivity contribution in [3.63, 3.8) is 0 Å². The molecule has 68 valence electrons. The molecule has 12 heavy (non-hydrogen) atoms. The predicted octanol–water partition coefficient (Wildman–Crippen LogP) is -0.151. The van der Waals surface area contributed by atoms with Gasteiger partial charge >= 0.3 is 6.09 Å². The van der Waals surface area contributed by atoms with E-state index >= 15 is 0 Å². The fourth-order valence-corrected chi connectivity index (χ4v) is 0.829. The van der Waals surface area contributed by atoms with Gasteiger partial charge in [0.1, 0.15) is 6.61 Å². The molecule has 0 aliphatic heterocycles. The maximum Gasteiger partial charge on any atom is 0.404 e. The Morgan fingerprint density at radius 3 is 2.67 bits per heavy atom. The van der Waals surface area contributed by atoms with E-state index in [9.17, 15) is 4.79 Å². The summed E-state index contributed by atoms with van der Waals surface area (Å²) in [6, 6.07) is 0. The lowest BCUT2D eigenvalue weighted by molar-refractivity contribution is 0.160. The van der Waals surface area contributed by atoms with Crippen molar-refractivity contribution in [3.8, 4) is 0 Å². The Hall–Kier alpha value is -1.26. The molecule has 1 rings (SSSR count). The fourth-order valence-electron chi connectivity index (χ4n) is 0.829. The zero-order valence-corrected chi connectivity index (χ0v) is 6.82. The van der Waals surface area contributed by atoms with Gasteiger partial charge in [0, 0.05) is 5.92 Å². The number of hydrogen-bond donors (Lipinski definition) is 2. The van der Waals surface area contributed by atoms with Crippen LogP contribution in [0.25, 0.3) is 0 Å². The van der Waals surface area contributed by atoms with Crippen LogP contribution < -0.4 is 11.5 Å². The Balaban J connectivity index is 2.07. The molecule has 1 amide bonds. The number of nitrogens with zero attached hydrogens (tertiary/aromatic N) is 1. The van der Waals surface area contributed by atoms with Gasteiger partial charge in [-0.05, 0) is 12.8 Å². The van der Waals surface area contributed by atoms with E-state index in [0.29, 0.717) is 18.3 Å². The Morgan fingerprint density at radius 1 is 1.50 bits per heavy atom. The molecule has 1 saturated carbocycles. The average Bonchev–Trinajstić information content (AvgIpc) is 2.79. The van der Waals surface area contributed by atoms with E-state index in [1.54, 1.807) is 0 Å². The zero-order valence-electron chi connectivity index (χ0n) is 6.82. The van der Waals surface area contributed by atoms with E-state index in [0.717, 1.165) is 12.8 Å². The number of carbonyl (C=O) groups excluding carboxylic acids is 1. The summed E-state index contributed by atoms with van der Waals surface area (Å²) >= 11 is 0. The van der Waals surface area contributed by atoms with Crippen molar-refractivity contribution >= 4 is 11.9 Å². The molecule has 0 aromatic rings. The van der Waals surface area contributed by atoms with Crippen molar-refractivity contribution in [1.82, 2.24) is 0 Å². The second-order valence-corrected chi connectivity index (χ2v) is 2.75. The number of amides is 1. The highest BCUT2D eigenvalue weighted by Crippen LogP contribution is 2.28. The summed E-state index contributed by atoms with van der Waals surface area (Å²) in [5, 5.41) is 0. The first-order chi connectivity index (χ1) is 5.70. The largest absolute Gasteiger partial charge is 0.448 e. The van der Waals surface area contributed by atoms with Crippen LogP contribution in [-0.2, 0) is 4.74 Å². The van der Waals surface area contributed by atoms with E-state index in [2.05, 4.69) is 9.73 Å². The Morgan fingerprint density at radius 2 is 2.17 bits per heavy atom. The third kappa shape index (κ3) is 3.23. The first-order valence-corrected chi connectivity index (χ1v) is 3.92. The maximum atomic E-state index is 10.1. The highest BCUT2D eigenvalue weighted by Gasteiger charge is 2.24. The quantitative estimate of drug-likeness (QED) is 0.350. The summed E-state index contributed by atoms with van der Waals surface area (Å²) in [6.07, 6.45) is 1.49. The van der Waals surface area contributed by atoms with Crippen LogP contribution in [0.15, 0.2) is 4.99 Å². The van der Waals surface area contributed by atoms with Crippen LogP contribution in [-0.4, -0.2) is 25.1 Å². The van der Waals surface area contributed by atoms with E-state index in [-0.39, 0.29) is 6.61 Å². The second kappa shape index (κ2) is 3.94. The third-order valence-electron chi connectivity index (χ3n) is 1.63. The molecule has 0 radical (unpaired) electrons. The van der Waals surface area contributed by atoms with Crippen LogP contribution in [0.5, 0.6) is 0 Å². The maximum absolute atomic E-state index is 10.1. The first kappa shape index (κ1) is 8.83. The van der Waals surface area contributed by atoms with Gasteiger partial charge in [-0.25, -0.2) is 4.79 Å². The SMILES string of the molecule is NC(=O)OCCN=C(N)C1CC1. The van der Waals surface area contributed by atoms with Gasteiger partial charge in [0.15, 0.2) is 0 Å². The molecule has 0 aromatic heterocycles. The smallest absolute Gasteiger partial charge is 0.404 e. The highest BCUT2D eigenvalue weighted by molar-refractivity contribution is 5.84. The molecule has 0 unspecified atom stereocenters. The molecule has 5 nitrogen and oxygen atoms in total. The molecule has 1 aliphatic carbocycles. The number of ether oxygens (including phenoxy) is 1. The van der Waals surface area contributed by atoms with Crippen LogP contribution >= 0.6 is 0 Å². The molecule has 0 heterocycles. The van der Waals surface area contributed by atoms with Crippen LogP contribution in [0.1, 0.15) is 12.8 Å². The number of primary amides is 1. The molecule has 1 aliphatic rings. The van der Waals surface area contributed by atoms with Crippen molar-refractivity contribution in [2.75, 3.05) is 13.2 Å². The number of amidine groups is 1. The van der Waals surface area contributed by atoms with E-state index in [4.69, 9.17) is 11.5 Å². The normalized spacial score (nSPS) is 17.5. The minimum atomic E-state index is -0.768. The second-order valence-electron chi connectivity index (χ2n) is 2.75. The molecule has 5 heteroatoms. The van der Waals surface area contributed by atoms with Gasteiger partial charge in [0.2, 0.25) is 0 Å². The van der Waals surface area contributed by atoms with Crippen molar-refractivity contribution < 1.29 is 9.53 Å². The molecule has 0 bridgehead atoms. The zero-order chi connectivity index (χ0) is 8.97. The monoisotopic (exact) mass is 171 g/mol. The van der Waals surface area contributed by atoms with Crippen molar-refractivity contribution in [2.45, 2.75) is 12.8 Å². The summed E-state index contributed by atoms with van der Waals surface area (Å²) in [7, 11) is 0. The lowest BCUT2D eigenvalue weighted by atomic mass is 10.4. The summed E-state index contributed by atoms with van der Waals surface area (Å²) < 4.78 is 4.47. The summed E-state index contributed by atoms with van der Waals surface area (Å²) in [6.45, 7) is 0.619. The molecule has 0 atom stereocenters. The van der Waals surface area contributed by atoms with Crippen molar-refractivity contribution in [2.24, 2.45) is 22.4 Å². The van der Waals surface area contributed by atoms with Gasteiger partial charge in [0.25, 0.3) is 0 Å². The van der Waals surface area contributed by atoms with Gasteiger partial charge in [0.05, 0.1) is 12.4 Å². The number of rotatable bonds is 4. The van der Waals surface area contributed by atoms with E-state index in [1.165, 1.54) is 0 Å². The fraction of sp³-hybridized carbons (Fsp3) is 0.714. The predicted molar refractivity (Wildman–Crippen MR) is 44.7 cm³/mol. The average molecular weight is 171 g/mol. The van der Waals surface area contributed by atoms with Crippen LogP contribution in [0.2, 0.25) is 0 Å². The number of hydrogen-bond acceptors (Lipinski definition) is 3. The minimum Gasteiger partial charge on any atom is -0.448 e. The summed E-state index contributed by atoms with van der Waals surface area (Å²) in [5.74, 6) is 1.14. The van der Waals surface area contributed by atoms with Crippen molar-refractivity contribution in [1.29, 1.82) is 0 Å². The molecule has 0 spiro atoms. The number of aliphatic imine (C=N–C) groups is 1. The summed E-state index contributed by atoms with van der Waals surface area (Å²) in [5.41, 5.74) is 10.3. The molecular formula is C7H13N3O2. The number of nitrogens with two attached hydrogens (primary N) is 2. The van der Waals surface area contributed by atoms with E-state index in [1.807, 2.05) is 0 Å². The van der Waals surface area contributed by atoms with Gasteiger partial charge in [-0.1, -0.05) is 0 Å².